The van der Waals surface area contributed by atoms with E-state index in [4.69, 9.17) is 0 Å². The molecule has 0 bridgehead atoms. The van der Waals surface area contributed by atoms with Gasteiger partial charge >= 0.3 is 0 Å². The van der Waals surface area contributed by atoms with Gasteiger partial charge in [-0.15, -0.1) is 0 Å². The molecule has 0 fully saturated rings. The van der Waals surface area contributed by atoms with Crippen molar-refractivity contribution in [3.63, 3.8) is 0 Å². The van der Waals surface area contributed by atoms with Crippen molar-refractivity contribution < 1.29 is 9.59 Å². The number of Topliss-reactive ketones (excluding diaryl/α,β-unsaturated/α-hetero) is 1. The maximum absolute atomic E-state index is 12.0. The second kappa shape index (κ2) is 9.02. The van der Waals surface area contributed by atoms with Gasteiger partial charge in [0.05, 0.1) is 0 Å². The Labute approximate surface area is 144 Å². The first-order valence-electron chi connectivity index (χ1n) is 8.50. The van der Waals surface area contributed by atoms with Gasteiger partial charge in [-0.2, -0.15) is 0 Å². The number of hydrogen-bond donors (Lipinski definition) is 1. The van der Waals surface area contributed by atoms with Crippen LogP contribution in [0.5, 0.6) is 0 Å². The highest BCUT2D eigenvalue weighted by Gasteiger charge is 2.08. The molecular formula is C21H25NO2. The minimum Gasteiger partial charge on any atom is -0.356 e. The largest absolute Gasteiger partial charge is 0.356 e. The van der Waals surface area contributed by atoms with Gasteiger partial charge in [-0.25, -0.2) is 0 Å². The van der Waals surface area contributed by atoms with E-state index in [1.807, 2.05) is 18.2 Å². The van der Waals surface area contributed by atoms with Crippen LogP contribution in [0.15, 0.2) is 54.6 Å². The summed E-state index contributed by atoms with van der Waals surface area (Å²) in [7, 11) is 0. The van der Waals surface area contributed by atoms with Gasteiger partial charge in [-0.1, -0.05) is 68.4 Å². The second-order valence-corrected chi connectivity index (χ2v) is 6.29. The molecular weight excluding hydrogens is 298 g/mol. The van der Waals surface area contributed by atoms with Crippen LogP contribution in [0.3, 0.4) is 0 Å². The van der Waals surface area contributed by atoms with Crippen molar-refractivity contribution >= 4 is 11.7 Å². The van der Waals surface area contributed by atoms with Crippen molar-refractivity contribution in [3.8, 4) is 0 Å². The molecule has 0 saturated heterocycles. The van der Waals surface area contributed by atoms with E-state index in [1.165, 1.54) is 11.1 Å². The lowest BCUT2D eigenvalue weighted by molar-refractivity contribution is -0.121. The van der Waals surface area contributed by atoms with Crippen LogP contribution in [-0.2, 0) is 11.2 Å². The van der Waals surface area contributed by atoms with E-state index in [0.717, 1.165) is 6.42 Å². The van der Waals surface area contributed by atoms with Gasteiger partial charge in [0.1, 0.15) is 0 Å². The zero-order chi connectivity index (χ0) is 17.4. The number of ketones is 1. The molecule has 1 amide bonds. The summed E-state index contributed by atoms with van der Waals surface area (Å²) >= 11 is 0. The van der Waals surface area contributed by atoms with E-state index >= 15 is 0 Å². The van der Waals surface area contributed by atoms with E-state index in [0.29, 0.717) is 18.0 Å². The summed E-state index contributed by atoms with van der Waals surface area (Å²) in [5, 5.41) is 2.88. The fourth-order valence-electron chi connectivity index (χ4n) is 2.50. The molecule has 0 saturated carbocycles. The lowest BCUT2D eigenvalue weighted by atomic mass is 10.0. The SMILES string of the molecule is CC(C)c1ccc(CCNC(=O)CCC(=O)c2ccccc2)cc1. The normalized spacial score (nSPS) is 10.6. The predicted octanol–water partition coefficient (Wildman–Crippen LogP) is 4.13. The van der Waals surface area contributed by atoms with Gasteiger partial charge < -0.3 is 5.32 Å². The molecule has 24 heavy (non-hydrogen) atoms. The zero-order valence-electron chi connectivity index (χ0n) is 14.4. The molecule has 0 aromatic heterocycles. The van der Waals surface area contributed by atoms with E-state index in [2.05, 4.69) is 43.4 Å². The molecule has 0 aliphatic rings. The average molecular weight is 323 g/mol. The first kappa shape index (κ1) is 17.9. The number of benzene rings is 2. The van der Waals surface area contributed by atoms with Gasteiger partial charge in [0.15, 0.2) is 5.78 Å². The lowest BCUT2D eigenvalue weighted by Crippen LogP contribution is -2.26. The van der Waals surface area contributed by atoms with E-state index < -0.39 is 0 Å². The van der Waals surface area contributed by atoms with Crippen LogP contribution >= 0.6 is 0 Å². The second-order valence-electron chi connectivity index (χ2n) is 6.29. The maximum atomic E-state index is 12.0. The van der Waals surface area contributed by atoms with Crippen molar-refractivity contribution in [2.24, 2.45) is 0 Å². The Hall–Kier alpha value is -2.42. The smallest absolute Gasteiger partial charge is 0.220 e. The van der Waals surface area contributed by atoms with Crippen LogP contribution in [-0.4, -0.2) is 18.2 Å². The Bertz CT molecular complexity index is 660. The molecule has 0 aliphatic carbocycles. The third kappa shape index (κ3) is 5.65. The first-order chi connectivity index (χ1) is 11.6. The fourth-order valence-corrected chi connectivity index (χ4v) is 2.50. The minimum absolute atomic E-state index is 0.00928. The highest BCUT2D eigenvalue weighted by Crippen LogP contribution is 2.14. The van der Waals surface area contributed by atoms with Crippen molar-refractivity contribution in [2.75, 3.05) is 6.54 Å². The molecule has 0 atom stereocenters. The minimum atomic E-state index is -0.0712. The van der Waals surface area contributed by atoms with Crippen LogP contribution in [0.2, 0.25) is 0 Å². The van der Waals surface area contributed by atoms with Crippen molar-refractivity contribution in [1.82, 2.24) is 5.32 Å². The van der Waals surface area contributed by atoms with E-state index in [-0.39, 0.29) is 24.5 Å². The number of hydrogen-bond acceptors (Lipinski definition) is 2. The molecule has 3 heteroatoms. The summed E-state index contributed by atoms with van der Waals surface area (Å²) in [5.41, 5.74) is 3.19. The number of carbonyl (C=O) groups excluding carboxylic acids is 2. The summed E-state index contributed by atoms with van der Waals surface area (Å²) in [6.45, 7) is 4.94. The summed E-state index contributed by atoms with van der Waals surface area (Å²) in [6.07, 6.45) is 1.29. The molecule has 3 nitrogen and oxygen atoms in total. The van der Waals surface area contributed by atoms with Crippen molar-refractivity contribution in [1.29, 1.82) is 0 Å². The van der Waals surface area contributed by atoms with Crippen LogP contribution in [0.25, 0.3) is 0 Å². The molecule has 0 spiro atoms. The third-order valence-corrected chi connectivity index (χ3v) is 4.06. The maximum Gasteiger partial charge on any atom is 0.220 e. The van der Waals surface area contributed by atoms with Gasteiger partial charge in [-0.3, -0.25) is 9.59 Å². The van der Waals surface area contributed by atoms with Crippen LogP contribution in [0.1, 0.15) is 54.1 Å². The Morgan fingerprint density at radius 3 is 2.21 bits per heavy atom. The third-order valence-electron chi connectivity index (χ3n) is 4.06. The Morgan fingerprint density at radius 2 is 1.58 bits per heavy atom. The predicted molar refractivity (Wildman–Crippen MR) is 97.3 cm³/mol. The van der Waals surface area contributed by atoms with Gasteiger partial charge in [0, 0.05) is 24.9 Å². The monoisotopic (exact) mass is 323 g/mol. The molecule has 0 radical (unpaired) electrons. The fraction of sp³-hybridized carbons (Fsp3) is 0.333. The van der Waals surface area contributed by atoms with Gasteiger partial charge in [0.25, 0.3) is 0 Å². The lowest BCUT2D eigenvalue weighted by Gasteiger charge is -2.08. The summed E-state index contributed by atoms with van der Waals surface area (Å²) in [4.78, 5) is 23.8. The Kier molecular flexibility index (Phi) is 6.74. The van der Waals surface area contributed by atoms with Crippen molar-refractivity contribution in [2.45, 2.75) is 39.0 Å². The molecule has 0 aliphatic heterocycles. The van der Waals surface area contributed by atoms with Crippen LogP contribution in [0, 0.1) is 0 Å². The molecule has 2 rings (SSSR count). The zero-order valence-corrected chi connectivity index (χ0v) is 14.4. The Morgan fingerprint density at radius 1 is 0.917 bits per heavy atom. The molecule has 0 unspecified atom stereocenters. The highest BCUT2D eigenvalue weighted by atomic mass is 16.2. The van der Waals surface area contributed by atoms with Crippen LogP contribution < -0.4 is 5.32 Å². The topological polar surface area (TPSA) is 46.2 Å². The van der Waals surface area contributed by atoms with Gasteiger partial charge in [0.2, 0.25) is 5.91 Å². The van der Waals surface area contributed by atoms with E-state index in [1.54, 1.807) is 12.1 Å². The molecule has 1 N–H and O–H groups in total. The summed E-state index contributed by atoms with van der Waals surface area (Å²) in [6, 6.07) is 17.6. The summed E-state index contributed by atoms with van der Waals surface area (Å²) in [5.74, 6) is 0.467. The standard InChI is InChI=1S/C21H25NO2/c1-16(2)18-10-8-17(9-11-18)14-15-22-21(24)13-12-20(23)19-6-4-3-5-7-19/h3-11,16H,12-15H2,1-2H3,(H,22,24). The number of carbonyl (C=O) groups is 2. The van der Waals surface area contributed by atoms with E-state index in [9.17, 15) is 9.59 Å². The van der Waals surface area contributed by atoms with Crippen molar-refractivity contribution in [3.05, 3.63) is 71.3 Å². The highest BCUT2D eigenvalue weighted by molar-refractivity contribution is 5.97. The molecule has 2 aromatic carbocycles. The van der Waals surface area contributed by atoms with Crippen LogP contribution in [0.4, 0.5) is 0 Å². The molecule has 126 valence electrons. The summed E-state index contributed by atoms with van der Waals surface area (Å²) < 4.78 is 0. The molecule has 0 heterocycles. The Balaban J connectivity index is 1.69. The molecule has 2 aromatic rings. The average Bonchev–Trinajstić information content (AvgIpc) is 2.61. The number of nitrogens with one attached hydrogen (secondary N) is 1. The number of amides is 1. The van der Waals surface area contributed by atoms with Gasteiger partial charge in [-0.05, 0) is 23.5 Å². The number of rotatable bonds is 8. The first-order valence-corrected chi connectivity index (χ1v) is 8.50. The quantitative estimate of drug-likeness (QED) is 0.742.